The van der Waals surface area contributed by atoms with Crippen LogP contribution in [0.5, 0.6) is 0 Å². The lowest BCUT2D eigenvalue weighted by Gasteiger charge is -2.35. The lowest BCUT2D eigenvalue weighted by molar-refractivity contribution is -0.109. The Balaban J connectivity index is 1.32. The van der Waals surface area contributed by atoms with Crippen LogP contribution >= 0.6 is 0 Å². The topological polar surface area (TPSA) is 98.3 Å². The van der Waals surface area contributed by atoms with Gasteiger partial charge in [-0.1, -0.05) is 12.1 Å². The molecule has 0 aliphatic carbocycles. The summed E-state index contributed by atoms with van der Waals surface area (Å²) in [5, 5.41) is 9.52. The maximum Gasteiger partial charge on any atom is 0.222 e. The van der Waals surface area contributed by atoms with Crippen LogP contribution in [-0.4, -0.2) is 77.9 Å². The van der Waals surface area contributed by atoms with Gasteiger partial charge < -0.3 is 30.5 Å². The third kappa shape index (κ3) is 5.84. The number of rotatable bonds is 9. The van der Waals surface area contributed by atoms with Crippen molar-refractivity contribution < 1.29 is 4.79 Å². The minimum atomic E-state index is -0.474. The van der Waals surface area contributed by atoms with Crippen LogP contribution in [0.15, 0.2) is 48.9 Å². The molecule has 1 atom stereocenters. The second-order valence-electron chi connectivity index (χ2n) is 10.1. The van der Waals surface area contributed by atoms with Crippen LogP contribution in [0.4, 0.5) is 17.5 Å². The summed E-state index contributed by atoms with van der Waals surface area (Å²) >= 11 is 0. The average Bonchev–Trinajstić information content (AvgIpc) is 2.96. The van der Waals surface area contributed by atoms with Crippen molar-refractivity contribution in [3.63, 3.8) is 0 Å². The number of hydrogen-bond acceptors (Lipinski definition) is 9. The maximum absolute atomic E-state index is 11.9. The fraction of sp³-hybridized carbons (Fsp3) is 0.379. The van der Waals surface area contributed by atoms with Gasteiger partial charge in [-0.3, -0.25) is 0 Å². The highest BCUT2D eigenvalue weighted by atomic mass is 16.1. The normalized spacial score (nSPS) is 17.6. The number of aldehydes is 1. The fourth-order valence-corrected chi connectivity index (χ4v) is 5.14. The zero-order chi connectivity index (χ0) is 26.5. The van der Waals surface area contributed by atoms with Crippen LogP contribution in [0.2, 0.25) is 0 Å². The molecule has 0 saturated carbocycles. The van der Waals surface area contributed by atoms with E-state index in [2.05, 4.69) is 74.1 Å². The third-order valence-corrected chi connectivity index (χ3v) is 7.47. The number of piperidine rings is 1. The number of carbonyl (C=O) groups excluding carboxylic acids is 1. The molecule has 38 heavy (non-hydrogen) atoms. The first-order valence-electron chi connectivity index (χ1n) is 13.2. The molecular formula is C29H36N8O. The minimum Gasteiger partial charge on any atom is -0.378 e. The summed E-state index contributed by atoms with van der Waals surface area (Å²) in [5.74, 6) is 1.19. The summed E-state index contributed by atoms with van der Waals surface area (Å²) in [4.78, 5) is 30.3. The van der Waals surface area contributed by atoms with Crippen molar-refractivity contribution in [3.8, 4) is 11.3 Å². The summed E-state index contributed by atoms with van der Waals surface area (Å²) in [6, 6.07) is 10.7. The van der Waals surface area contributed by atoms with Crippen LogP contribution in [0, 0.1) is 0 Å². The molecule has 198 valence electrons. The Bertz CT molecular complexity index is 1260. The highest BCUT2D eigenvalue weighted by Crippen LogP contribution is 2.34. The third-order valence-electron chi connectivity index (χ3n) is 7.47. The van der Waals surface area contributed by atoms with Crippen LogP contribution in [-0.2, 0) is 11.2 Å². The molecule has 1 aromatic carbocycles. The lowest BCUT2D eigenvalue weighted by atomic mass is 9.97. The number of benzene rings is 1. The molecule has 4 heterocycles. The molecule has 9 nitrogen and oxygen atoms in total. The largest absolute Gasteiger partial charge is 0.378 e. The van der Waals surface area contributed by atoms with Crippen molar-refractivity contribution >= 4 is 29.8 Å². The molecule has 3 aromatic rings. The van der Waals surface area contributed by atoms with Gasteiger partial charge in [0.1, 0.15) is 18.1 Å². The van der Waals surface area contributed by atoms with E-state index >= 15 is 0 Å². The number of likely N-dealkylation sites (tertiary alicyclic amines) is 1. The van der Waals surface area contributed by atoms with Crippen molar-refractivity contribution in [1.29, 1.82) is 0 Å². The number of carbonyl (C=O) groups is 1. The van der Waals surface area contributed by atoms with Gasteiger partial charge in [-0.2, -0.15) is 0 Å². The van der Waals surface area contributed by atoms with E-state index in [9.17, 15) is 4.79 Å². The van der Waals surface area contributed by atoms with Crippen molar-refractivity contribution in [2.75, 3.05) is 51.4 Å². The number of hydrogen-bond donors (Lipinski definition) is 3. The van der Waals surface area contributed by atoms with E-state index in [0.717, 1.165) is 47.3 Å². The fourth-order valence-electron chi connectivity index (χ4n) is 5.14. The second-order valence-corrected chi connectivity index (χ2v) is 10.1. The van der Waals surface area contributed by atoms with Gasteiger partial charge >= 0.3 is 0 Å². The molecule has 1 unspecified atom stereocenters. The van der Waals surface area contributed by atoms with Crippen molar-refractivity contribution in [2.45, 2.75) is 31.3 Å². The Morgan fingerprint density at radius 1 is 1.13 bits per heavy atom. The Kier molecular flexibility index (Phi) is 7.95. The molecule has 5 rings (SSSR count). The first-order valence-corrected chi connectivity index (χ1v) is 13.2. The molecule has 0 amide bonds. The van der Waals surface area contributed by atoms with E-state index in [0.29, 0.717) is 17.8 Å². The van der Waals surface area contributed by atoms with E-state index in [-0.39, 0.29) is 0 Å². The molecule has 1 saturated heterocycles. The van der Waals surface area contributed by atoms with Crippen molar-refractivity contribution in [1.82, 2.24) is 30.1 Å². The molecule has 3 N–H and O–H groups in total. The predicted molar refractivity (Wildman–Crippen MR) is 152 cm³/mol. The van der Waals surface area contributed by atoms with E-state index < -0.39 is 6.04 Å². The summed E-state index contributed by atoms with van der Waals surface area (Å²) in [5.41, 5.74) is 5.53. The van der Waals surface area contributed by atoms with E-state index in [4.69, 9.17) is 4.98 Å². The van der Waals surface area contributed by atoms with Gasteiger partial charge in [0.15, 0.2) is 0 Å². The molecular weight excluding hydrogens is 476 g/mol. The number of nitrogens with zero attached hydrogens (tertiary/aromatic N) is 5. The van der Waals surface area contributed by atoms with Crippen LogP contribution < -0.4 is 16.0 Å². The molecule has 2 aliphatic heterocycles. The second kappa shape index (κ2) is 11.7. The molecule has 1 fully saturated rings. The number of pyridine rings is 1. The Labute approximate surface area is 224 Å². The van der Waals surface area contributed by atoms with E-state index in [1.807, 2.05) is 12.1 Å². The van der Waals surface area contributed by atoms with Crippen molar-refractivity contribution in [3.05, 3.63) is 65.6 Å². The van der Waals surface area contributed by atoms with Gasteiger partial charge in [-0.25, -0.2) is 15.0 Å². The Hall–Kier alpha value is -3.82. The standard InChI is InChI=1S/C29H36N8O/c1-30-29-32-17-22(18-33-29)25-16-21-8-12-31-26(19-38)27(21)28(35-25)34-23-6-4-20(5-7-23)9-13-37-14-10-24(11-15-37)36(2)3/h4-8,12,16-19,24,26,31H,9-11,13-15H2,1-3H3,(H,34,35)(H,30,32,33). The number of fused-ring (bicyclic) bond motifs is 1. The molecule has 0 spiro atoms. The minimum absolute atomic E-state index is 0.474. The lowest BCUT2D eigenvalue weighted by Crippen LogP contribution is -2.42. The predicted octanol–water partition coefficient (Wildman–Crippen LogP) is 3.71. The number of anilines is 3. The zero-order valence-corrected chi connectivity index (χ0v) is 22.3. The molecule has 2 aromatic heterocycles. The van der Waals surface area contributed by atoms with Crippen LogP contribution in [0.1, 0.15) is 35.6 Å². The van der Waals surface area contributed by atoms with Gasteiger partial charge in [-0.05, 0) is 88.0 Å². The SMILES string of the molecule is CNc1ncc(-c2cc3c(c(Nc4ccc(CCN5CCC(N(C)C)CC5)cc4)n2)C(C=O)NC=C3)cn1. The number of aromatic nitrogens is 3. The molecule has 2 aliphatic rings. The van der Waals surface area contributed by atoms with E-state index in [1.165, 1.54) is 31.5 Å². The Morgan fingerprint density at radius 3 is 2.53 bits per heavy atom. The van der Waals surface area contributed by atoms with Crippen LogP contribution in [0.3, 0.4) is 0 Å². The highest BCUT2D eigenvalue weighted by Gasteiger charge is 2.23. The highest BCUT2D eigenvalue weighted by molar-refractivity contribution is 5.79. The summed E-state index contributed by atoms with van der Waals surface area (Å²) < 4.78 is 0. The van der Waals surface area contributed by atoms with Gasteiger partial charge in [0, 0.05) is 48.8 Å². The van der Waals surface area contributed by atoms with Gasteiger partial charge in [0.25, 0.3) is 0 Å². The van der Waals surface area contributed by atoms with Crippen molar-refractivity contribution in [2.24, 2.45) is 0 Å². The Morgan fingerprint density at radius 2 is 1.87 bits per heavy atom. The summed E-state index contributed by atoms with van der Waals surface area (Å²) in [7, 11) is 6.14. The maximum atomic E-state index is 11.9. The molecule has 0 radical (unpaired) electrons. The van der Waals surface area contributed by atoms with E-state index in [1.54, 1.807) is 25.6 Å². The van der Waals surface area contributed by atoms with Gasteiger partial charge in [0.05, 0.1) is 5.69 Å². The first kappa shape index (κ1) is 25.8. The zero-order valence-electron chi connectivity index (χ0n) is 22.3. The number of nitrogens with one attached hydrogen (secondary N) is 3. The molecule has 0 bridgehead atoms. The average molecular weight is 513 g/mol. The van der Waals surface area contributed by atoms with Gasteiger partial charge in [0.2, 0.25) is 5.95 Å². The smallest absolute Gasteiger partial charge is 0.222 e. The van der Waals surface area contributed by atoms with Crippen LogP contribution in [0.25, 0.3) is 17.3 Å². The first-order chi connectivity index (χ1) is 18.5. The quantitative estimate of drug-likeness (QED) is 0.371. The van der Waals surface area contributed by atoms with Gasteiger partial charge in [-0.15, -0.1) is 0 Å². The summed E-state index contributed by atoms with van der Waals surface area (Å²) in [6.07, 6.45) is 11.7. The summed E-state index contributed by atoms with van der Waals surface area (Å²) in [6.45, 7) is 3.41. The molecule has 9 heteroatoms. The monoisotopic (exact) mass is 512 g/mol.